The summed E-state index contributed by atoms with van der Waals surface area (Å²) in [5.74, 6) is -0.906. The second-order valence-corrected chi connectivity index (χ2v) is 4.89. The minimum Gasteiger partial charge on any atom is -0.481 e. The molecule has 2 amide bonds. The van der Waals surface area contributed by atoms with Gasteiger partial charge in [-0.05, 0) is 19.9 Å². The average Bonchev–Trinajstić information content (AvgIpc) is 2.74. The topological polar surface area (TPSA) is 87.5 Å². The first-order chi connectivity index (χ1) is 9.40. The summed E-state index contributed by atoms with van der Waals surface area (Å²) in [4.78, 5) is 24.1. The Balaban J connectivity index is 2.39. The molecule has 7 heteroatoms. The zero-order valence-electron chi connectivity index (χ0n) is 12.2. The molecule has 0 bridgehead atoms. The SMILES string of the molecule is CC(C)N(CCC(=O)O)C(=O)NCCc1ccn(C)n1. The van der Waals surface area contributed by atoms with Crippen LogP contribution in [0.3, 0.4) is 0 Å². The van der Waals surface area contributed by atoms with E-state index in [2.05, 4.69) is 10.4 Å². The monoisotopic (exact) mass is 282 g/mol. The highest BCUT2D eigenvalue weighted by atomic mass is 16.4. The van der Waals surface area contributed by atoms with Crippen LogP contribution in [0.4, 0.5) is 4.79 Å². The molecule has 0 aromatic carbocycles. The van der Waals surface area contributed by atoms with Crippen molar-refractivity contribution >= 4 is 12.0 Å². The molecule has 20 heavy (non-hydrogen) atoms. The van der Waals surface area contributed by atoms with Crippen molar-refractivity contribution in [3.05, 3.63) is 18.0 Å². The maximum absolute atomic E-state index is 12.0. The van der Waals surface area contributed by atoms with Gasteiger partial charge in [-0.15, -0.1) is 0 Å². The van der Waals surface area contributed by atoms with Crippen LogP contribution in [0.5, 0.6) is 0 Å². The number of urea groups is 1. The number of rotatable bonds is 7. The molecule has 0 aliphatic heterocycles. The van der Waals surface area contributed by atoms with Crippen molar-refractivity contribution < 1.29 is 14.7 Å². The summed E-state index contributed by atoms with van der Waals surface area (Å²) < 4.78 is 1.71. The summed E-state index contributed by atoms with van der Waals surface area (Å²) in [6.07, 6.45) is 2.45. The zero-order chi connectivity index (χ0) is 15.1. The van der Waals surface area contributed by atoms with E-state index in [9.17, 15) is 9.59 Å². The number of nitrogens with one attached hydrogen (secondary N) is 1. The molecule has 0 fully saturated rings. The summed E-state index contributed by atoms with van der Waals surface area (Å²) in [7, 11) is 1.84. The molecule has 2 N–H and O–H groups in total. The first kappa shape index (κ1) is 16.0. The lowest BCUT2D eigenvalue weighted by molar-refractivity contribution is -0.137. The molecule has 1 heterocycles. The van der Waals surface area contributed by atoms with Crippen LogP contribution in [-0.2, 0) is 18.3 Å². The zero-order valence-corrected chi connectivity index (χ0v) is 12.2. The predicted molar refractivity (Wildman–Crippen MR) is 74.4 cm³/mol. The number of carbonyl (C=O) groups is 2. The number of carbonyl (C=O) groups excluding carboxylic acids is 1. The molecule has 1 rings (SSSR count). The Bertz CT molecular complexity index is 456. The van der Waals surface area contributed by atoms with Gasteiger partial charge < -0.3 is 15.3 Å². The van der Waals surface area contributed by atoms with E-state index >= 15 is 0 Å². The van der Waals surface area contributed by atoms with Crippen LogP contribution in [0, 0.1) is 0 Å². The number of aryl methyl sites for hydroxylation is 1. The first-order valence-corrected chi connectivity index (χ1v) is 6.65. The molecule has 7 nitrogen and oxygen atoms in total. The van der Waals surface area contributed by atoms with Crippen LogP contribution < -0.4 is 5.32 Å². The van der Waals surface area contributed by atoms with Crippen molar-refractivity contribution in [2.75, 3.05) is 13.1 Å². The summed E-state index contributed by atoms with van der Waals surface area (Å²) >= 11 is 0. The number of nitrogens with zero attached hydrogens (tertiary/aromatic N) is 3. The van der Waals surface area contributed by atoms with Crippen LogP contribution in [0.1, 0.15) is 26.0 Å². The maximum atomic E-state index is 12.0. The van der Waals surface area contributed by atoms with Gasteiger partial charge in [0.15, 0.2) is 0 Å². The fourth-order valence-corrected chi connectivity index (χ4v) is 1.81. The molecule has 112 valence electrons. The largest absolute Gasteiger partial charge is 0.481 e. The maximum Gasteiger partial charge on any atom is 0.317 e. The van der Waals surface area contributed by atoms with Gasteiger partial charge in [-0.1, -0.05) is 0 Å². The Morgan fingerprint density at radius 2 is 2.20 bits per heavy atom. The molecule has 0 aliphatic carbocycles. The fraction of sp³-hybridized carbons (Fsp3) is 0.615. The van der Waals surface area contributed by atoms with Gasteiger partial charge in [0.25, 0.3) is 0 Å². The van der Waals surface area contributed by atoms with Gasteiger partial charge in [0, 0.05) is 38.8 Å². The van der Waals surface area contributed by atoms with Gasteiger partial charge in [-0.2, -0.15) is 5.10 Å². The molecule has 0 radical (unpaired) electrons. The summed E-state index contributed by atoms with van der Waals surface area (Å²) in [6, 6.07) is 1.62. The molecule has 0 spiro atoms. The average molecular weight is 282 g/mol. The quantitative estimate of drug-likeness (QED) is 0.776. The Morgan fingerprint density at radius 3 is 2.70 bits per heavy atom. The third-order valence-corrected chi connectivity index (χ3v) is 2.88. The molecule has 1 aromatic heterocycles. The van der Waals surface area contributed by atoms with Crippen LogP contribution in [-0.4, -0.2) is 50.9 Å². The first-order valence-electron chi connectivity index (χ1n) is 6.65. The smallest absolute Gasteiger partial charge is 0.317 e. The minimum atomic E-state index is -0.906. The Kier molecular flexibility index (Phi) is 6.02. The van der Waals surface area contributed by atoms with E-state index in [1.165, 1.54) is 4.90 Å². The number of carboxylic acids is 1. The summed E-state index contributed by atoms with van der Waals surface area (Å²) in [5.41, 5.74) is 0.912. The van der Waals surface area contributed by atoms with E-state index in [4.69, 9.17) is 5.11 Å². The molecule has 0 aliphatic rings. The molecular formula is C13H22N4O3. The van der Waals surface area contributed by atoms with E-state index in [1.807, 2.05) is 33.2 Å². The highest BCUT2D eigenvalue weighted by Crippen LogP contribution is 2.01. The van der Waals surface area contributed by atoms with Crippen molar-refractivity contribution in [3.63, 3.8) is 0 Å². The van der Waals surface area contributed by atoms with Crippen molar-refractivity contribution in [2.45, 2.75) is 32.7 Å². The van der Waals surface area contributed by atoms with E-state index in [1.54, 1.807) is 4.68 Å². The van der Waals surface area contributed by atoms with Gasteiger partial charge in [0.1, 0.15) is 0 Å². The second-order valence-electron chi connectivity index (χ2n) is 4.89. The van der Waals surface area contributed by atoms with E-state index in [-0.39, 0.29) is 25.0 Å². The van der Waals surface area contributed by atoms with E-state index in [0.717, 1.165) is 5.69 Å². The number of carboxylic acid groups (broad SMARTS) is 1. The Morgan fingerprint density at radius 1 is 1.50 bits per heavy atom. The van der Waals surface area contributed by atoms with Crippen molar-refractivity contribution in [1.29, 1.82) is 0 Å². The van der Waals surface area contributed by atoms with Crippen molar-refractivity contribution in [1.82, 2.24) is 20.0 Å². The van der Waals surface area contributed by atoms with Crippen molar-refractivity contribution in [2.24, 2.45) is 7.05 Å². The molecular weight excluding hydrogens is 260 g/mol. The molecule has 0 unspecified atom stereocenters. The Labute approximate surface area is 118 Å². The van der Waals surface area contributed by atoms with Crippen LogP contribution in [0.2, 0.25) is 0 Å². The summed E-state index contributed by atoms with van der Waals surface area (Å²) in [5, 5.41) is 15.7. The highest BCUT2D eigenvalue weighted by Gasteiger charge is 2.17. The molecule has 0 atom stereocenters. The highest BCUT2D eigenvalue weighted by molar-refractivity contribution is 5.75. The lowest BCUT2D eigenvalue weighted by Gasteiger charge is -2.26. The standard InChI is InChI=1S/C13H22N4O3/c1-10(2)17(9-6-12(18)19)13(20)14-7-4-11-5-8-16(3)15-11/h5,8,10H,4,6-7,9H2,1-3H3,(H,14,20)(H,18,19). The molecule has 0 saturated carbocycles. The molecule has 0 saturated heterocycles. The fourth-order valence-electron chi connectivity index (χ4n) is 1.81. The summed E-state index contributed by atoms with van der Waals surface area (Å²) in [6.45, 7) is 4.41. The third-order valence-electron chi connectivity index (χ3n) is 2.88. The van der Waals surface area contributed by atoms with Gasteiger partial charge >= 0.3 is 12.0 Å². The molecule has 1 aromatic rings. The number of amides is 2. The van der Waals surface area contributed by atoms with E-state index in [0.29, 0.717) is 13.0 Å². The number of aromatic nitrogens is 2. The van der Waals surface area contributed by atoms with Gasteiger partial charge in [0.2, 0.25) is 0 Å². The lowest BCUT2D eigenvalue weighted by atomic mass is 10.3. The van der Waals surface area contributed by atoms with Gasteiger partial charge in [-0.3, -0.25) is 9.48 Å². The van der Waals surface area contributed by atoms with Crippen LogP contribution in [0.15, 0.2) is 12.3 Å². The van der Waals surface area contributed by atoms with Gasteiger partial charge in [0.05, 0.1) is 12.1 Å². The lowest BCUT2D eigenvalue weighted by Crippen LogP contribution is -2.45. The van der Waals surface area contributed by atoms with Crippen molar-refractivity contribution in [3.8, 4) is 0 Å². The number of aliphatic carboxylic acids is 1. The van der Waals surface area contributed by atoms with Crippen LogP contribution >= 0.6 is 0 Å². The van der Waals surface area contributed by atoms with E-state index < -0.39 is 5.97 Å². The second kappa shape index (κ2) is 7.52. The third kappa shape index (κ3) is 5.29. The van der Waals surface area contributed by atoms with Gasteiger partial charge in [-0.25, -0.2) is 4.79 Å². The normalized spacial score (nSPS) is 10.6. The predicted octanol–water partition coefficient (Wildman–Crippen LogP) is 0.857. The Hall–Kier alpha value is -2.05. The van der Waals surface area contributed by atoms with Crippen LogP contribution in [0.25, 0.3) is 0 Å². The minimum absolute atomic E-state index is 0.0378. The number of hydrogen-bond donors (Lipinski definition) is 2. The number of hydrogen-bond acceptors (Lipinski definition) is 3.